The monoisotopic (exact) mass is 350 g/mol. The van der Waals surface area contributed by atoms with E-state index in [1.54, 1.807) is 23.5 Å². The molecular formula is C19H14N2O3S. The number of hydrogen-bond donors (Lipinski definition) is 2. The van der Waals surface area contributed by atoms with Crippen molar-refractivity contribution in [1.82, 2.24) is 4.98 Å². The molecule has 5 nitrogen and oxygen atoms in total. The molecule has 25 heavy (non-hydrogen) atoms. The van der Waals surface area contributed by atoms with Crippen LogP contribution in [0.2, 0.25) is 0 Å². The summed E-state index contributed by atoms with van der Waals surface area (Å²) in [6, 6.07) is 17.2. The summed E-state index contributed by atoms with van der Waals surface area (Å²) in [7, 11) is 0. The van der Waals surface area contributed by atoms with Crippen LogP contribution in [0, 0.1) is 0 Å². The molecule has 0 bridgehead atoms. The van der Waals surface area contributed by atoms with E-state index in [0.29, 0.717) is 5.69 Å². The fraction of sp³-hybridized carbons (Fsp3) is 0. The van der Waals surface area contributed by atoms with Gasteiger partial charge in [0.1, 0.15) is 5.01 Å². The predicted octanol–water partition coefficient (Wildman–Crippen LogP) is 4.06. The average molecular weight is 350 g/mol. The van der Waals surface area contributed by atoms with E-state index < -0.39 is 11.9 Å². The van der Waals surface area contributed by atoms with E-state index in [0.717, 1.165) is 34.0 Å². The van der Waals surface area contributed by atoms with Crippen molar-refractivity contribution in [3.63, 3.8) is 0 Å². The van der Waals surface area contributed by atoms with E-state index in [9.17, 15) is 9.59 Å². The number of nitrogens with one attached hydrogen (secondary N) is 1. The van der Waals surface area contributed by atoms with Crippen molar-refractivity contribution in [3.8, 4) is 21.8 Å². The fourth-order valence-electron chi connectivity index (χ4n) is 2.21. The molecule has 0 atom stereocenters. The Morgan fingerprint density at radius 2 is 1.76 bits per heavy atom. The molecule has 6 heteroatoms. The predicted molar refractivity (Wildman–Crippen MR) is 98.4 cm³/mol. The van der Waals surface area contributed by atoms with Crippen molar-refractivity contribution < 1.29 is 14.7 Å². The van der Waals surface area contributed by atoms with Crippen molar-refractivity contribution in [2.75, 3.05) is 5.32 Å². The maximum absolute atomic E-state index is 11.7. The summed E-state index contributed by atoms with van der Waals surface area (Å²) in [6.07, 6.45) is 1.77. The zero-order valence-electron chi connectivity index (χ0n) is 13.0. The number of carbonyl (C=O) groups excluding carboxylic acids is 1. The molecule has 0 saturated carbocycles. The van der Waals surface area contributed by atoms with Crippen LogP contribution in [-0.4, -0.2) is 22.0 Å². The highest BCUT2D eigenvalue weighted by Crippen LogP contribution is 2.29. The second-order valence-corrected chi connectivity index (χ2v) is 6.00. The Bertz CT molecular complexity index is 933. The Hall–Kier alpha value is -3.25. The lowest BCUT2D eigenvalue weighted by atomic mass is 10.1. The molecule has 0 aliphatic carbocycles. The first kappa shape index (κ1) is 16.6. The molecule has 0 fully saturated rings. The first-order chi connectivity index (χ1) is 12.1. The van der Waals surface area contributed by atoms with Crippen LogP contribution in [0.1, 0.15) is 0 Å². The first-order valence-electron chi connectivity index (χ1n) is 7.45. The van der Waals surface area contributed by atoms with Crippen molar-refractivity contribution in [1.29, 1.82) is 0 Å². The number of aliphatic carboxylic acids is 1. The number of rotatable bonds is 5. The van der Waals surface area contributed by atoms with Crippen LogP contribution in [0.3, 0.4) is 0 Å². The van der Waals surface area contributed by atoms with Crippen molar-refractivity contribution >= 4 is 28.9 Å². The van der Waals surface area contributed by atoms with Gasteiger partial charge in [-0.25, -0.2) is 9.78 Å². The van der Waals surface area contributed by atoms with Gasteiger partial charge in [0, 0.05) is 34.3 Å². The number of thiazole rings is 1. The number of aromatic nitrogens is 1. The number of hydrogen-bond acceptors (Lipinski definition) is 4. The van der Waals surface area contributed by atoms with E-state index >= 15 is 0 Å². The minimum atomic E-state index is -1.17. The third kappa shape index (κ3) is 4.39. The number of carboxylic acid groups (broad SMARTS) is 1. The van der Waals surface area contributed by atoms with Crippen LogP contribution in [0.15, 0.2) is 72.1 Å². The third-order valence-electron chi connectivity index (χ3n) is 3.33. The zero-order valence-corrected chi connectivity index (χ0v) is 13.9. The molecule has 3 rings (SSSR count). The lowest BCUT2D eigenvalue weighted by Gasteiger charge is -2.04. The quantitative estimate of drug-likeness (QED) is 0.680. The Kier molecular flexibility index (Phi) is 5.01. The molecule has 0 unspecified atom stereocenters. The highest BCUT2D eigenvalue weighted by atomic mass is 32.1. The van der Waals surface area contributed by atoms with Crippen LogP contribution in [0.5, 0.6) is 0 Å². The average Bonchev–Trinajstić information content (AvgIpc) is 3.11. The van der Waals surface area contributed by atoms with Crippen LogP contribution < -0.4 is 5.32 Å². The SMILES string of the molecule is O=C(O)/C=C/C(=O)Nc1cccc(-c2csc(-c3ccccc3)n2)c1. The van der Waals surface area contributed by atoms with Gasteiger partial charge in [-0.15, -0.1) is 11.3 Å². The van der Waals surface area contributed by atoms with Gasteiger partial charge in [-0.05, 0) is 12.1 Å². The second kappa shape index (κ2) is 7.55. The van der Waals surface area contributed by atoms with Gasteiger partial charge in [0.05, 0.1) is 5.69 Å². The van der Waals surface area contributed by atoms with Crippen LogP contribution in [0.4, 0.5) is 5.69 Å². The van der Waals surface area contributed by atoms with E-state index in [1.807, 2.05) is 47.8 Å². The zero-order chi connectivity index (χ0) is 17.6. The van der Waals surface area contributed by atoms with Gasteiger partial charge in [0.2, 0.25) is 5.91 Å². The summed E-state index contributed by atoms with van der Waals surface area (Å²) < 4.78 is 0. The number of amides is 1. The summed E-state index contributed by atoms with van der Waals surface area (Å²) in [4.78, 5) is 26.8. The van der Waals surface area contributed by atoms with Gasteiger partial charge in [-0.3, -0.25) is 4.79 Å². The molecule has 1 heterocycles. The number of carboxylic acids is 1. The number of carbonyl (C=O) groups is 2. The van der Waals surface area contributed by atoms with Gasteiger partial charge >= 0.3 is 5.97 Å². The summed E-state index contributed by atoms with van der Waals surface area (Å²) in [5.41, 5.74) is 3.33. The third-order valence-corrected chi connectivity index (χ3v) is 4.22. The molecule has 2 N–H and O–H groups in total. The topological polar surface area (TPSA) is 79.3 Å². The lowest BCUT2D eigenvalue weighted by Crippen LogP contribution is -2.08. The van der Waals surface area contributed by atoms with E-state index in [4.69, 9.17) is 5.11 Å². The molecule has 0 saturated heterocycles. The largest absolute Gasteiger partial charge is 0.478 e. The maximum atomic E-state index is 11.7. The van der Waals surface area contributed by atoms with E-state index in [-0.39, 0.29) is 0 Å². The standard InChI is InChI=1S/C19H14N2O3S/c22-17(9-10-18(23)24)20-15-8-4-7-14(11-15)16-12-25-19(21-16)13-5-2-1-3-6-13/h1-12H,(H,20,22)(H,23,24)/b10-9+. The Labute approximate surface area is 148 Å². The number of benzene rings is 2. The maximum Gasteiger partial charge on any atom is 0.328 e. The Balaban J connectivity index is 1.79. The summed E-state index contributed by atoms with van der Waals surface area (Å²) in [6.45, 7) is 0. The van der Waals surface area contributed by atoms with Crippen LogP contribution in [0.25, 0.3) is 21.8 Å². The molecule has 2 aromatic carbocycles. The Morgan fingerprint density at radius 3 is 2.52 bits per heavy atom. The van der Waals surface area contributed by atoms with Gasteiger partial charge < -0.3 is 10.4 Å². The van der Waals surface area contributed by atoms with Crippen molar-refractivity contribution in [3.05, 3.63) is 72.1 Å². The van der Waals surface area contributed by atoms with Gasteiger partial charge in [-0.1, -0.05) is 42.5 Å². The summed E-state index contributed by atoms with van der Waals surface area (Å²) in [5.74, 6) is -1.66. The molecule has 124 valence electrons. The number of anilines is 1. The molecule has 0 aliphatic rings. The molecular weight excluding hydrogens is 336 g/mol. The fourth-order valence-corrected chi connectivity index (χ4v) is 3.04. The normalized spacial score (nSPS) is 10.7. The van der Waals surface area contributed by atoms with E-state index in [1.165, 1.54) is 0 Å². The minimum Gasteiger partial charge on any atom is -0.478 e. The molecule has 0 aliphatic heterocycles. The van der Waals surface area contributed by atoms with Crippen LogP contribution >= 0.6 is 11.3 Å². The molecule has 0 radical (unpaired) electrons. The highest BCUT2D eigenvalue weighted by molar-refractivity contribution is 7.13. The summed E-state index contributed by atoms with van der Waals surface area (Å²) >= 11 is 1.55. The van der Waals surface area contributed by atoms with Crippen LogP contribution in [-0.2, 0) is 9.59 Å². The highest BCUT2D eigenvalue weighted by Gasteiger charge is 2.07. The van der Waals surface area contributed by atoms with Gasteiger partial charge in [0.25, 0.3) is 0 Å². The molecule has 1 amide bonds. The smallest absolute Gasteiger partial charge is 0.328 e. The molecule has 0 spiro atoms. The number of nitrogens with zero attached hydrogens (tertiary/aromatic N) is 1. The lowest BCUT2D eigenvalue weighted by molar-refractivity contribution is -0.131. The first-order valence-corrected chi connectivity index (χ1v) is 8.33. The minimum absolute atomic E-state index is 0.497. The van der Waals surface area contributed by atoms with E-state index in [2.05, 4.69) is 10.3 Å². The molecule has 3 aromatic rings. The summed E-state index contributed by atoms with van der Waals surface area (Å²) in [5, 5.41) is 14.1. The Morgan fingerprint density at radius 1 is 1.00 bits per heavy atom. The second-order valence-electron chi connectivity index (χ2n) is 5.15. The van der Waals surface area contributed by atoms with Crippen molar-refractivity contribution in [2.24, 2.45) is 0 Å². The molecule has 1 aromatic heterocycles. The van der Waals surface area contributed by atoms with Gasteiger partial charge in [-0.2, -0.15) is 0 Å². The van der Waals surface area contributed by atoms with Gasteiger partial charge in [0.15, 0.2) is 0 Å². The van der Waals surface area contributed by atoms with Crippen molar-refractivity contribution in [2.45, 2.75) is 0 Å².